The highest BCUT2D eigenvalue weighted by atomic mass is 32.1. The molecule has 6 nitrogen and oxygen atoms in total. The van der Waals surface area contributed by atoms with Gasteiger partial charge in [-0.05, 0) is 60.3 Å². The fourth-order valence-electron chi connectivity index (χ4n) is 2.70. The predicted octanol–water partition coefficient (Wildman–Crippen LogP) is 5.28. The van der Waals surface area contributed by atoms with E-state index in [2.05, 4.69) is 10.6 Å². The van der Waals surface area contributed by atoms with E-state index in [1.54, 1.807) is 24.4 Å². The van der Waals surface area contributed by atoms with Crippen LogP contribution in [0.25, 0.3) is 0 Å². The molecule has 3 N–H and O–H groups in total. The molecular formula is C21H15F3N2O4S. The van der Waals surface area contributed by atoms with Crippen molar-refractivity contribution in [3.8, 4) is 0 Å². The Morgan fingerprint density at radius 2 is 1.58 bits per heavy atom. The second kappa shape index (κ2) is 8.60. The highest BCUT2D eigenvalue weighted by Gasteiger charge is 2.30. The van der Waals surface area contributed by atoms with Gasteiger partial charge in [0.15, 0.2) is 0 Å². The van der Waals surface area contributed by atoms with Crippen LogP contribution in [0.1, 0.15) is 42.2 Å². The number of hydrogen-bond donors (Lipinski definition) is 3. The third-order valence-corrected chi connectivity index (χ3v) is 5.17. The first-order valence-electron chi connectivity index (χ1n) is 8.77. The summed E-state index contributed by atoms with van der Waals surface area (Å²) in [6.45, 7) is 1.63. The van der Waals surface area contributed by atoms with Crippen molar-refractivity contribution in [2.24, 2.45) is 0 Å². The lowest BCUT2D eigenvalue weighted by molar-refractivity contribution is -0.137. The summed E-state index contributed by atoms with van der Waals surface area (Å²) in [4.78, 5) is 36.2. The van der Waals surface area contributed by atoms with Gasteiger partial charge in [-0.25, -0.2) is 4.79 Å². The number of carbonyl (C=O) groups excluding carboxylic acids is 2. The molecule has 0 aliphatic heterocycles. The van der Waals surface area contributed by atoms with Crippen molar-refractivity contribution in [2.45, 2.75) is 13.1 Å². The van der Waals surface area contributed by atoms with Crippen LogP contribution >= 0.6 is 11.3 Å². The van der Waals surface area contributed by atoms with Gasteiger partial charge in [-0.1, -0.05) is 6.07 Å². The summed E-state index contributed by atoms with van der Waals surface area (Å²) in [6.07, 6.45) is -4.51. The van der Waals surface area contributed by atoms with Crippen LogP contribution in [0.2, 0.25) is 0 Å². The third-order valence-electron chi connectivity index (χ3n) is 4.34. The minimum atomic E-state index is -4.51. The summed E-state index contributed by atoms with van der Waals surface area (Å²) in [7, 11) is 0. The molecule has 0 aliphatic rings. The van der Waals surface area contributed by atoms with Crippen molar-refractivity contribution < 1.29 is 32.7 Å². The Bertz CT molecular complexity index is 1150. The van der Waals surface area contributed by atoms with Crippen molar-refractivity contribution in [1.82, 2.24) is 0 Å². The first kappa shape index (κ1) is 22.0. The molecule has 0 spiro atoms. The van der Waals surface area contributed by atoms with Crippen LogP contribution in [-0.4, -0.2) is 22.9 Å². The maximum absolute atomic E-state index is 12.7. The maximum Gasteiger partial charge on any atom is 0.416 e. The Labute approximate surface area is 178 Å². The largest absolute Gasteiger partial charge is 0.478 e. The molecule has 0 saturated carbocycles. The zero-order chi connectivity index (χ0) is 22.8. The van der Waals surface area contributed by atoms with Gasteiger partial charge in [0.25, 0.3) is 11.8 Å². The number of thiophene rings is 1. The minimum absolute atomic E-state index is 0.00241. The average molecular weight is 448 g/mol. The lowest BCUT2D eigenvalue weighted by atomic mass is 10.1. The molecule has 160 valence electrons. The molecule has 0 bridgehead atoms. The first-order valence-corrected chi connectivity index (χ1v) is 9.65. The van der Waals surface area contributed by atoms with Crippen molar-refractivity contribution in [3.63, 3.8) is 0 Å². The van der Waals surface area contributed by atoms with E-state index in [9.17, 15) is 32.7 Å². The van der Waals surface area contributed by atoms with Crippen molar-refractivity contribution in [3.05, 3.63) is 81.7 Å². The number of halogens is 3. The monoisotopic (exact) mass is 448 g/mol. The summed E-state index contributed by atoms with van der Waals surface area (Å²) in [5, 5.41) is 16.1. The molecule has 2 aromatic carbocycles. The molecule has 1 aromatic heterocycles. The van der Waals surface area contributed by atoms with E-state index in [4.69, 9.17) is 0 Å². The Hall–Kier alpha value is -3.66. The Balaban J connectivity index is 1.75. The second-order valence-electron chi connectivity index (χ2n) is 6.48. The Morgan fingerprint density at radius 1 is 0.903 bits per heavy atom. The number of nitrogens with one attached hydrogen (secondary N) is 2. The van der Waals surface area contributed by atoms with Gasteiger partial charge in [-0.3, -0.25) is 9.59 Å². The van der Waals surface area contributed by atoms with E-state index >= 15 is 0 Å². The number of aryl methyl sites for hydroxylation is 1. The van der Waals surface area contributed by atoms with Crippen molar-refractivity contribution >= 4 is 39.8 Å². The van der Waals surface area contributed by atoms with Gasteiger partial charge in [0.1, 0.15) is 5.00 Å². The number of rotatable bonds is 5. The van der Waals surface area contributed by atoms with Gasteiger partial charge in [-0.15, -0.1) is 11.3 Å². The van der Waals surface area contributed by atoms with Crippen molar-refractivity contribution in [2.75, 3.05) is 10.6 Å². The highest BCUT2D eigenvalue weighted by molar-refractivity contribution is 7.14. The Morgan fingerprint density at radius 3 is 2.19 bits per heavy atom. The molecule has 0 unspecified atom stereocenters. The topological polar surface area (TPSA) is 95.5 Å². The van der Waals surface area contributed by atoms with E-state index in [0.29, 0.717) is 5.56 Å². The average Bonchev–Trinajstić information content (AvgIpc) is 3.17. The second-order valence-corrected chi connectivity index (χ2v) is 7.40. The number of carboxylic acid groups (broad SMARTS) is 1. The molecule has 10 heteroatoms. The normalized spacial score (nSPS) is 11.1. The molecule has 0 saturated heterocycles. The van der Waals surface area contributed by atoms with Crippen LogP contribution < -0.4 is 10.6 Å². The van der Waals surface area contributed by atoms with Gasteiger partial charge in [0.2, 0.25) is 0 Å². The van der Waals surface area contributed by atoms with Crippen LogP contribution in [0.4, 0.5) is 23.9 Å². The fraction of sp³-hybridized carbons (Fsp3) is 0.0952. The fourth-order valence-corrected chi connectivity index (χ4v) is 3.48. The van der Waals surface area contributed by atoms with E-state index < -0.39 is 29.5 Å². The number of carboxylic acids is 1. The molecule has 0 aliphatic carbocycles. The summed E-state index contributed by atoms with van der Waals surface area (Å²) in [5.41, 5.74) is 0.0860. The lowest BCUT2D eigenvalue weighted by Crippen LogP contribution is -2.17. The van der Waals surface area contributed by atoms with Crippen LogP contribution in [0.15, 0.2) is 53.9 Å². The molecule has 0 atom stereocenters. The Kier molecular flexibility index (Phi) is 6.11. The summed E-state index contributed by atoms with van der Waals surface area (Å²) < 4.78 is 38.0. The number of amides is 2. The van der Waals surface area contributed by atoms with E-state index in [0.717, 1.165) is 35.6 Å². The zero-order valence-corrected chi connectivity index (χ0v) is 16.7. The molecule has 1 heterocycles. The van der Waals surface area contributed by atoms with Gasteiger partial charge in [0, 0.05) is 11.3 Å². The molecule has 3 rings (SSSR count). The number of carbonyl (C=O) groups is 3. The summed E-state index contributed by atoms with van der Waals surface area (Å²) >= 11 is 1.06. The van der Waals surface area contributed by atoms with Crippen LogP contribution in [0, 0.1) is 6.92 Å². The van der Waals surface area contributed by atoms with Crippen LogP contribution in [0.3, 0.4) is 0 Å². The molecule has 31 heavy (non-hydrogen) atoms. The van der Waals surface area contributed by atoms with E-state index in [-0.39, 0.29) is 27.4 Å². The van der Waals surface area contributed by atoms with E-state index in [1.807, 2.05) is 0 Å². The summed E-state index contributed by atoms with van der Waals surface area (Å²) in [6, 6.07) is 9.59. The van der Waals surface area contributed by atoms with Crippen LogP contribution in [-0.2, 0) is 6.18 Å². The standard InChI is InChI=1S/C21H15F3N2O4S/c1-11-2-7-14(10-16(11)20(29)30)25-18(28)15-8-9-31-19(15)26-17(27)12-3-5-13(6-4-12)21(22,23)24/h2-10H,1H3,(H,25,28)(H,26,27)(H,29,30). The minimum Gasteiger partial charge on any atom is -0.478 e. The SMILES string of the molecule is Cc1ccc(NC(=O)c2ccsc2NC(=O)c2ccc(C(F)(F)F)cc2)cc1C(=O)O. The number of hydrogen-bond acceptors (Lipinski definition) is 4. The van der Waals surface area contributed by atoms with Gasteiger partial charge in [0.05, 0.1) is 16.7 Å². The highest BCUT2D eigenvalue weighted by Crippen LogP contribution is 2.30. The number of anilines is 2. The first-order chi connectivity index (χ1) is 14.6. The van der Waals surface area contributed by atoms with Crippen molar-refractivity contribution in [1.29, 1.82) is 0 Å². The lowest BCUT2D eigenvalue weighted by Gasteiger charge is -2.10. The van der Waals surface area contributed by atoms with Crippen LogP contribution in [0.5, 0.6) is 0 Å². The zero-order valence-electron chi connectivity index (χ0n) is 15.9. The number of aromatic carboxylic acids is 1. The summed E-state index contributed by atoms with van der Waals surface area (Å²) in [5.74, 6) is -2.38. The number of alkyl halides is 3. The number of benzene rings is 2. The predicted molar refractivity (Wildman–Crippen MR) is 110 cm³/mol. The smallest absolute Gasteiger partial charge is 0.416 e. The maximum atomic E-state index is 12.7. The quantitative estimate of drug-likeness (QED) is 0.495. The van der Waals surface area contributed by atoms with Gasteiger partial charge in [-0.2, -0.15) is 13.2 Å². The van der Waals surface area contributed by atoms with Gasteiger partial charge >= 0.3 is 12.1 Å². The molecule has 3 aromatic rings. The van der Waals surface area contributed by atoms with E-state index in [1.165, 1.54) is 12.1 Å². The molecule has 0 fully saturated rings. The molecule has 2 amide bonds. The molecular weight excluding hydrogens is 433 g/mol. The third kappa shape index (κ3) is 5.10. The van der Waals surface area contributed by atoms with Gasteiger partial charge < -0.3 is 15.7 Å². The molecule has 0 radical (unpaired) electrons.